The monoisotopic (exact) mass is 636 g/mol. The molecule has 2 fully saturated rings. The Hall–Kier alpha value is -3.87. The molecule has 2 aliphatic rings. The standard InChI is InChI=1S/C26H36O18/c1-10(27)35-8-17-20(21(38-13(4)30)23(25(34)42-17)40-15(6)32)44-26-24(41-16(7)33)22(39-14(5)31)19(37-12(3)29)18(43-26)9-36-11(2)28/h17-26,34H,8-9H2,1-7H3/t17?,18?,19-,20+,21-,22-,23?,24?,25?,26-/m0/s1. The fraction of sp³-hybridized carbons (Fsp3) is 0.731. The van der Waals surface area contributed by atoms with Crippen molar-refractivity contribution in [2.24, 2.45) is 0 Å². The van der Waals surface area contributed by atoms with Gasteiger partial charge in [0.2, 0.25) is 0 Å². The van der Waals surface area contributed by atoms with Gasteiger partial charge in [-0.1, -0.05) is 0 Å². The fourth-order valence-electron chi connectivity index (χ4n) is 4.49. The van der Waals surface area contributed by atoms with Gasteiger partial charge >= 0.3 is 41.8 Å². The van der Waals surface area contributed by atoms with Crippen LogP contribution < -0.4 is 0 Å². The van der Waals surface area contributed by atoms with Crippen molar-refractivity contribution in [2.75, 3.05) is 13.2 Å². The van der Waals surface area contributed by atoms with Crippen molar-refractivity contribution in [1.82, 2.24) is 0 Å². The number of ether oxygens (including phenoxy) is 10. The summed E-state index contributed by atoms with van der Waals surface area (Å²) in [5, 5.41) is 10.6. The summed E-state index contributed by atoms with van der Waals surface area (Å²) in [6, 6.07) is 0. The normalized spacial score (nSPS) is 31.5. The van der Waals surface area contributed by atoms with E-state index in [4.69, 9.17) is 47.4 Å². The Morgan fingerprint density at radius 1 is 0.477 bits per heavy atom. The Labute approximate surface area is 251 Å². The Bertz CT molecular complexity index is 1090. The van der Waals surface area contributed by atoms with Crippen molar-refractivity contribution in [3.8, 4) is 0 Å². The number of aliphatic hydroxyl groups is 1. The highest BCUT2D eigenvalue weighted by atomic mass is 16.8. The molecule has 18 heteroatoms. The van der Waals surface area contributed by atoms with Crippen LogP contribution in [0.2, 0.25) is 0 Å². The molecule has 0 aliphatic carbocycles. The molecule has 0 spiro atoms. The van der Waals surface area contributed by atoms with Gasteiger partial charge < -0.3 is 52.5 Å². The van der Waals surface area contributed by atoms with E-state index in [0.29, 0.717) is 0 Å². The van der Waals surface area contributed by atoms with E-state index in [1.807, 2.05) is 0 Å². The molecule has 2 saturated heterocycles. The number of carbonyl (C=O) groups is 7. The number of hydrogen-bond donors (Lipinski definition) is 1. The fourth-order valence-corrected chi connectivity index (χ4v) is 4.49. The first-order valence-electron chi connectivity index (χ1n) is 13.3. The Kier molecular flexibility index (Phi) is 13.4. The number of carbonyl (C=O) groups excluding carboxylic acids is 7. The topological polar surface area (TPSA) is 232 Å². The van der Waals surface area contributed by atoms with E-state index in [2.05, 4.69) is 0 Å². The first-order chi connectivity index (χ1) is 20.5. The van der Waals surface area contributed by atoms with Gasteiger partial charge in [0.15, 0.2) is 43.1 Å². The van der Waals surface area contributed by atoms with E-state index in [9.17, 15) is 38.7 Å². The highest BCUT2D eigenvalue weighted by molar-refractivity contribution is 5.69. The van der Waals surface area contributed by atoms with Crippen molar-refractivity contribution < 1.29 is 86.0 Å². The Balaban J connectivity index is 2.66. The molecule has 0 radical (unpaired) electrons. The van der Waals surface area contributed by atoms with Gasteiger partial charge in [0.25, 0.3) is 0 Å². The summed E-state index contributed by atoms with van der Waals surface area (Å²) in [4.78, 5) is 83.5. The molecule has 0 saturated carbocycles. The lowest BCUT2D eigenvalue weighted by Crippen LogP contribution is -2.67. The van der Waals surface area contributed by atoms with Crippen LogP contribution in [-0.2, 0) is 80.9 Å². The van der Waals surface area contributed by atoms with Crippen LogP contribution in [0.4, 0.5) is 0 Å². The van der Waals surface area contributed by atoms with Crippen LogP contribution in [0.3, 0.4) is 0 Å². The average molecular weight is 637 g/mol. The highest BCUT2D eigenvalue weighted by Crippen LogP contribution is 2.34. The third-order valence-electron chi connectivity index (χ3n) is 5.90. The van der Waals surface area contributed by atoms with Crippen LogP contribution >= 0.6 is 0 Å². The summed E-state index contributed by atoms with van der Waals surface area (Å²) in [6.45, 7) is 6.11. The lowest BCUT2D eigenvalue weighted by atomic mass is 9.96. The van der Waals surface area contributed by atoms with Crippen LogP contribution in [0.15, 0.2) is 0 Å². The molecule has 2 heterocycles. The third-order valence-corrected chi connectivity index (χ3v) is 5.90. The van der Waals surface area contributed by atoms with E-state index in [0.717, 1.165) is 48.5 Å². The molecule has 44 heavy (non-hydrogen) atoms. The molecule has 0 aromatic heterocycles. The van der Waals surface area contributed by atoms with E-state index in [1.165, 1.54) is 0 Å². The van der Waals surface area contributed by atoms with Crippen molar-refractivity contribution in [3.63, 3.8) is 0 Å². The predicted molar refractivity (Wildman–Crippen MR) is 135 cm³/mol. The Morgan fingerprint density at radius 3 is 1.27 bits per heavy atom. The molecular weight excluding hydrogens is 600 g/mol. The summed E-state index contributed by atoms with van der Waals surface area (Å²) < 4.78 is 54.1. The second-order valence-corrected chi connectivity index (χ2v) is 9.68. The third kappa shape index (κ3) is 10.7. The molecule has 18 nitrogen and oxygen atoms in total. The quantitative estimate of drug-likeness (QED) is 0.203. The van der Waals surface area contributed by atoms with Gasteiger partial charge in [0, 0.05) is 48.5 Å². The van der Waals surface area contributed by atoms with E-state index < -0.39 is 116 Å². The van der Waals surface area contributed by atoms with Crippen molar-refractivity contribution in [1.29, 1.82) is 0 Å². The van der Waals surface area contributed by atoms with Crippen molar-refractivity contribution >= 4 is 41.8 Å². The average Bonchev–Trinajstić information content (AvgIpc) is 2.87. The second kappa shape index (κ2) is 16.3. The van der Waals surface area contributed by atoms with E-state index in [1.54, 1.807) is 0 Å². The lowest BCUT2D eigenvalue weighted by Gasteiger charge is -2.48. The van der Waals surface area contributed by atoms with Gasteiger partial charge in [0.05, 0.1) is 0 Å². The molecule has 248 valence electrons. The summed E-state index contributed by atoms with van der Waals surface area (Å²) in [7, 11) is 0. The minimum absolute atomic E-state index is 0.572. The first kappa shape index (κ1) is 36.3. The van der Waals surface area contributed by atoms with Crippen LogP contribution in [0, 0.1) is 0 Å². The minimum atomic E-state index is -1.90. The van der Waals surface area contributed by atoms with Crippen molar-refractivity contribution in [2.45, 2.75) is 110 Å². The maximum absolute atomic E-state index is 12.2. The zero-order valence-electron chi connectivity index (χ0n) is 25.1. The van der Waals surface area contributed by atoms with Crippen LogP contribution in [0.1, 0.15) is 48.5 Å². The van der Waals surface area contributed by atoms with Gasteiger partial charge in [0.1, 0.15) is 31.5 Å². The first-order valence-corrected chi connectivity index (χ1v) is 13.3. The zero-order valence-corrected chi connectivity index (χ0v) is 25.1. The minimum Gasteiger partial charge on any atom is -0.463 e. The molecule has 0 amide bonds. The van der Waals surface area contributed by atoms with E-state index in [-0.39, 0.29) is 0 Å². The summed E-state index contributed by atoms with van der Waals surface area (Å²) in [6.07, 6.45) is -16.3. The summed E-state index contributed by atoms with van der Waals surface area (Å²) >= 11 is 0. The largest absolute Gasteiger partial charge is 0.463 e. The predicted octanol–water partition coefficient (Wildman–Crippen LogP) is -1.40. The number of rotatable bonds is 11. The molecule has 2 rings (SSSR count). The van der Waals surface area contributed by atoms with Gasteiger partial charge in [-0.2, -0.15) is 0 Å². The lowest BCUT2D eigenvalue weighted by molar-refractivity contribution is -0.357. The molecule has 1 N–H and O–H groups in total. The van der Waals surface area contributed by atoms with Gasteiger partial charge in [-0.15, -0.1) is 0 Å². The number of aliphatic hydroxyl groups excluding tert-OH is 1. The second-order valence-electron chi connectivity index (χ2n) is 9.68. The molecule has 10 atom stereocenters. The SMILES string of the molecule is CC(=O)OCC1OC(O)C(OC(C)=O)[C@@H](OC(C)=O)[C@@H]1O[C@@H]1OC(COC(C)=O)[C@H](OC(C)=O)[C@H](OC(C)=O)C1OC(C)=O. The smallest absolute Gasteiger partial charge is 0.303 e. The molecule has 0 aromatic rings. The van der Waals surface area contributed by atoms with Gasteiger partial charge in [-0.3, -0.25) is 33.6 Å². The molecule has 5 unspecified atom stereocenters. The van der Waals surface area contributed by atoms with E-state index >= 15 is 0 Å². The van der Waals surface area contributed by atoms with Crippen LogP contribution in [0.5, 0.6) is 0 Å². The van der Waals surface area contributed by atoms with Crippen LogP contribution in [0.25, 0.3) is 0 Å². The maximum Gasteiger partial charge on any atom is 0.303 e. The number of esters is 7. The summed E-state index contributed by atoms with van der Waals surface area (Å²) in [5.41, 5.74) is 0. The van der Waals surface area contributed by atoms with Gasteiger partial charge in [-0.05, 0) is 0 Å². The Morgan fingerprint density at radius 2 is 0.841 bits per heavy atom. The molecule has 0 aromatic carbocycles. The molecule has 2 aliphatic heterocycles. The zero-order chi connectivity index (χ0) is 33.3. The van der Waals surface area contributed by atoms with Crippen molar-refractivity contribution in [3.05, 3.63) is 0 Å². The van der Waals surface area contributed by atoms with Crippen LogP contribution in [-0.4, -0.2) is 122 Å². The number of hydrogen-bond acceptors (Lipinski definition) is 18. The maximum atomic E-state index is 12.2. The molecular formula is C26H36O18. The van der Waals surface area contributed by atoms with Gasteiger partial charge in [-0.25, -0.2) is 0 Å². The molecule has 0 bridgehead atoms. The summed E-state index contributed by atoms with van der Waals surface area (Å²) in [5.74, 6) is -6.03. The highest BCUT2D eigenvalue weighted by Gasteiger charge is 2.57.